The number of pyridine rings is 1. The number of ether oxygens (including phenoxy) is 2. The lowest BCUT2D eigenvalue weighted by atomic mass is 10.1. The summed E-state index contributed by atoms with van der Waals surface area (Å²) in [5, 5.41) is 16.7. The van der Waals surface area contributed by atoms with Gasteiger partial charge in [0.2, 0.25) is 0 Å². The quantitative estimate of drug-likeness (QED) is 0.338. The Hall–Kier alpha value is -2.64. The second-order valence-electron chi connectivity index (χ2n) is 5.86. The van der Waals surface area contributed by atoms with Gasteiger partial charge in [-0.15, -0.1) is 0 Å². The first-order valence-corrected chi connectivity index (χ1v) is 9.08. The SMILES string of the molecule is CCNC(=NCC(O)c1ccncc1)Nc1cccc(OCCCOC)c1. The van der Waals surface area contributed by atoms with E-state index >= 15 is 0 Å². The molecular formula is C20H28N4O3. The van der Waals surface area contributed by atoms with E-state index < -0.39 is 6.10 Å². The predicted octanol–water partition coefficient (Wildman–Crippen LogP) is 2.61. The van der Waals surface area contributed by atoms with Crippen molar-refractivity contribution < 1.29 is 14.6 Å². The molecule has 3 N–H and O–H groups in total. The van der Waals surface area contributed by atoms with Gasteiger partial charge in [-0.2, -0.15) is 0 Å². The summed E-state index contributed by atoms with van der Waals surface area (Å²) in [6.45, 7) is 4.22. The Kier molecular flexibility index (Phi) is 9.09. The molecule has 7 heteroatoms. The molecule has 0 saturated heterocycles. The van der Waals surface area contributed by atoms with Gasteiger partial charge in [-0.1, -0.05) is 6.07 Å². The van der Waals surface area contributed by atoms with E-state index in [0.717, 1.165) is 23.4 Å². The number of benzene rings is 1. The minimum atomic E-state index is -0.682. The van der Waals surface area contributed by atoms with Crippen molar-refractivity contribution in [2.75, 3.05) is 38.7 Å². The van der Waals surface area contributed by atoms with Crippen molar-refractivity contribution in [3.63, 3.8) is 0 Å². The van der Waals surface area contributed by atoms with Crippen molar-refractivity contribution >= 4 is 11.6 Å². The molecule has 7 nitrogen and oxygen atoms in total. The van der Waals surface area contributed by atoms with Gasteiger partial charge in [-0.05, 0) is 36.8 Å². The summed E-state index contributed by atoms with van der Waals surface area (Å²) in [6, 6.07) is 11.3. The van der Waals surface area contributed by atoms with Gasteiger partial charge in [0.15, 0.2) is 5.96 Å². The molecule has 27 heavy (non-hydrogen) atoms. The van der Waals surface area contributed by atoms with Crippen LogP contribution < -0.4 is 15.4 Å². The number of anilines is 1. The van der Waals surface area contributed by atoms with Crippen LogP contribution in [0.3, 0.4) is 0 Å². The third kappa shape index (κ3) is 7.64. The highest BCUT2D eigenvalue weighted by Crippen LogP contribution is 2.18. The van der Waals surface area contributed by atoms with Crippen LogP contribution in [0.2, 0.25) is 0 Å². The molecule has 1 atom stereocenters. The van der Waals surface area contributed by atoms with E-state index in [-0.39, 0.29) is 6.54 Å². The summed E-state index contributed by atoms with van der Waals surface area (Å²) in [6.07, 6.45) is 3.47. The molecular weight excluding hydrogens is 344 g/mol. The number of aromatic nitrogens is 1. The van der Waals surface area contributed by atoms with Crippen LogP contribution in [0, 0.1) is 0 Å². The largest absolute Gasteiger partial charge is 0.493 e. The number of nitrogens with zero attached hydrogens (tertiary/aromatic N) is 2. The number of aliphatic imine (C=N–C) groups is 1. The second-order valence-corrected chi connectivity index (χ2v) is 5.86. The van der Waals surface area contributed by atoms with Crippen LogP contribution >= 0.6 is 0 Å². The normalized spacial score (nSPS) is 12.5. The minimum Gasteiger partial charge on any atom is -0.493 e. The van der Waals surface area contributed by atoms with Gasteiger partial charge in [0.05, 0.1) is 19.3 Å². The molecule has 0 fully saturated rings. The Morgan fingerprint density at radius 2 is 2.04 bits per heavy atom. The molecule has 1 aromatic heterocycles. The van der Waals surface area contributed by atoms with Crippen molar-refractivity contribution in [3.05, 3.63) is 54.4 Å². The van der Waals surface area contributed by atoms with E-state index in [1.165, 1.54) is 0 Å². The van der Waals surface area contributed by atoms with Crippen LogP contribution in [0.5, 0.6) is 5.75 Å². The lowest BCUT2D eigenvalue weighted by Gasteiger charge is -2.14. The Balaban J connectivity index is 1.96. The zero-order chi connectivity index (χ0) is 19.3. The highest BCUT2D eigenvalue weighted by atomic mass is 16.5. The molecule has 0 aliphatic heterocycles. The number of aliphatic hydroxyl groups is 1. The average Bonchev–Trinajstić information content (AvgIpc) is 2.70. The topological polar surface area (TPSA) is 88.0 Å². The Morgan fingerprint density at radius 1 is 1.22 bits per heavy atom. The molecule has 2 aromatic rings. The fraction of sp³-hybridized carbons (Fsp3) is 0.400. The minimum absolute atomic E-state index is 0.243. The maximum absolute atomic E-state index is 10.3. The fourth-order valence-corrected chi connectivity index (χ4v) is 2.37. The van der Waals surface area contributed by atoms with E-state index in [1.807, 2.05) is 31.2 Å². The fourth-order valence-electron chi connectivity index (χ4n) is 2.37. The summed E-state index contributed by atoms with van der Waals surface area (Å²) in [5.41, 5.74) is 1.65. The number of hydrogen-bond acceptors (Lipinski definition) is 5. The van der Waals surface area contributed by atoms with Crippen LogP contribution in [-0.2, 0) is 4.74 Å². The van der Waals surface area contributed by atoms with Crippen molar-refractivity contribution in [1.82, 2.24) is 10.3 Å². The van der Waals surface area contributed by atoms with Crippen molar-refractivity contribution in [3.8, 4) is 5.75 Å². The van der Waals surface area contributed by atoms with E-state index in [2.05, 4.69) is 20.6 Å². The van der Waals surface area contributed by atoms with Crippen molar-refractivity contribution in [2.24, 2.45) is 4.99 Å². The number of aliphatic hydroxyl groups excluding tert-OH is 1. The van der Waals surface area contributed by atoms with Crippen molar-refractivity contribution in [1.29, 1.82) is 0 Å². The van der Waals surface area contributed by atoms with Gasteiger partial charge in [-0.3, -0.25) is 4.98 Å². The standard InChI is InChI=1S/C20H28N4O3/c1-3-22-20(23-15-19(25)16-8-10-21-11-9-16)24-17-6-4-7-18(14-17)27-13-5-12-26-2/h4,6-11,14,19,25H,3,5,12-13,15H2,1-2H3,(H2,22,23,24). The van der Waals surface area contributed by atoms with Crippen LogP contribution in [-0.4, -0.2) is 49.5 Å². The summed E-state index contributed by atoms with van der Waals surface area (Å²) in [7, 11) is 1.68. The van der Waals surface area contributed by atoms with Crippen LogP contribution in [0.4, 0.5) is 5.69 Å². The molecule has 1 heterocycles. The molecule has 1 aromatic carbocycles. The molecule has 0 spiro atoms. The Morgan fingerprint density at radius 3 is 2.78 bits per heavy atom. The average molecular weight is 372 g/mol. The Labute approximate surface area is 160 Å². The van der Waals surface area contributed by atoms with Gasteiger partial charge in [0, 0.05) is 50.8 Å². The molecule has 1 unspecified atom stereocenters. The van der Waals surface area contributed by atoms with E-state index in [1.54, 1.807) is 31.6 Å². The number of hydrogen-bond donors (Lipinski definition) is 3. The van der Waals surface area contributed by atoms with Gasteiger partial charge < -0.3 is 25.2 Å². The molecule has 0 aliphatic rings. The first kappa shape index (κ1) is 20.7. The summed E-state index contributed by atoms with van der Waals surface area (Å²) in [4.78, 5) is 8.43. The Bertz CT molecular complexity index is 695. The lowest BCUT2D eigenvalue weighted by Crippen LogP contribution is -2.31. The number of guanidine groups is 1. The van der Waals surface area contributed by atoms with Gasteiger partial charge in [-0.25, -0.2) is 4.99 Å². The summed E-state index contributed by atoms with van der Waals surface area (Å²) < 4.78 is 10.7. The van der Waals surface area contributed by atoms with Crippen LogP contribution in [0.15, 0.2) is 53.8 Å². The first-order valence-electron chi connectivity index (χ1n) is 9.08. The summed E-state index contributed by atoms with van der Waals surface area (Å²) >= 11 is 0. The zero-order valence-corrected chi connectivity index (χ0v) is 15.9. The molecule has 0 saturated carbocycles. The lowest BCUT2D eigenvalue weighted by molar-refractivity contribution is 0.172. The highest BCUT2D eigenvalue weighted by molar-refractivity contribution is 5.93. The zero-order valence-electron chi connectivity index (χ0n) is 15.9. The van der Waals surface area contributed by atoms with Gasteiger partial charge >= 0.3 is 0 Å². The highest BCUT2D eigenvalue weighted by Gasteiger charge is 2.07. The molecule has 146 valence electrons. The monoisotopic (exact) mass is 372 g/mol. The third-order valence-corrected chi connectivity index (χ3v) is 3.72. The smallest absolute Gasteiger partial charge is 0.195 e. The maximum Gasteiger partial charge on any atom is 0.195 e. The van der Waals surface area contributed by atoms with Gasteiger partial charge in [0.25, 0.3) is 0 Å². The number of methoxy groups -OCH3 is 1. The first-order chi connectivity index (χ1) is 13.2. The number of nitrogens with one attached hydrogen (secondary N) is 2. The second kappa shape index (κ2) is 11.9. The summed E-state index contributed by atoms with van der Waals surface area (Å²) in [5.74, 6) is 1.38. The van der Waals surface area contributed by atoms with E-state index in [4.69, 9.17) is 9.47 Å². The van der Waals surface area contributed by atoms with Crippen LogP contribution in [0.1, 0.15) is 25.0 Å². The predicted molar refractivity (Wildman–Crippen MR) is 107 cm³/mol. The molecule has 0 amide bonds. The van der Waals surface area contributed by atoms with Crippen molar-refractivity contribution in [2.45, 2.75) is 19.4 Å². The molecule has 0 bridgehead atoms. The van der Waals surface area contributed by atoms with Crippen LogP contribution in [0.25, 0.3) is 0 Å². The van der Waals surface area contributed by atoms with Gasteiger partial charge in [0.1, 0.15) is 5.75 Å². The maximum atomic E-state index is 10.3. The molecule has 2 rings (SSSR count). The van der Waals surface area contributed by atoms with E-state index in [9.17, 15) is 5.11 Å². The third-order valence-electron chi connectivity index (χ3n) is 3.72. The molecule has 0 aliphatic carbocycles. The number of rotatable bonds is 10. The van der Waals surface area contributed by atoms with E-state index in [0.29, 0.717) is 25.7 Å². The molecule has 0 radical (unpaired) electrons.